The molecule has 1 rings (SSSR count). The summed E-state index contributed by atoms with van der Waals surface area (Å²) < 4.78 is 0. The lowest BCUT2D eigenvalue weighted by Gasteiger charge is -2.22. The van der Waals surface area contributed by atoms with Gasteiger partial charge in [0.2, 0.25) is 5.91 Å². The van der Waals surface area contributed by atoms with Crippen LogP contribution in [0.2, 0.25) is 0 Å². The zero-order valence-electron chi connectivity index (χ0n) is 9.66. The number of amides is 1. The second-order valence-corrected chi connectivity index (χ2v) is 4.36. The van der Waals surface area contributed by atoms with Crippen LogP contribution >= 0.6 is 0 Å². The maximum absolute atomic E-state index is 11.7. The number of carbonyl (C=O) groups is 2. The molecule has 2 atom stereocenters. The Morgan fingerprint density at radius 1 is 1.56 bits per heavy atom. The van der Waals surface area contributed by atoms with Gasteiger partial charge in [-0.2, -0.15) is 0 Å². The van der Waals surface area contributed by atoms with Crippen LogP contribution in [0.5, 0.6) is 0 Å². The number of carboxylic acids is 1. The van der Waals surface area contributed by atoms with Crippen LogP contribution in [0.15, 0.2) is 0 Å². The smallest absolute Gasteiger partial charge is 0.306 e. The highest BCUT2D eigenvalue weighted by atomic mass is 16.4. The Kier molecular flexibility index (Phi) is 5.25. The molecule has 5 heteroatoms. The summed E-state index contributed by atoms with van der Waals surface area (Å²) in [6.07, 6.45) is 2.44. The highest BCUT2D eigenvalue weighted by molar-refractivity contribution is 5.79. The number of carbonyl (C=O) groups excluding carboxylic acids is 1. The summed E-state index contributed by atoms with van der Waals surface area (Å²) >= 11 is 0. The average Bonchev–Trinajstić information content (AvgIpc) is 2.29. The quantitative estimate of drug-likeness (QED) is 0.628. The molecule has 5 nitrogen and oxygen atoms in total. The summed E-state index contributed by atoms with van der Waals surface area (Å²) in [5.74, 6) is -1.11. The molecule has 1 fully saturated rings. The minimum absolute atomic E-state index is 0.0461. The fourth-order valence-electron chi connectivity index (χ4n) is 1.76. The zero-order valence-corrected chi connectivity index (χ0v) is 9.66. The Morgan fingerprint density at radius 3 is 2.88 bits per heavy atom. The van der Waals surface area contributed by atoms with E-state index in [9.17, 15) is 9.59 Å². The van der Waals surface area contributed by atoms with Crippen LogP contribution in [-0.4, -0.2) is 36.6 Å². The van der Waals surface area contributed by atoms with Crippen molar-refractivity contribution in [3.63, 3.8) is 0 Å². The standard InChI is InChI=1S/C11H20N2O3/c1-8(11(15)16)4-6-13-10(14)9-3-2-5-12-7-9/h8-9,12H,2-7H2,1H3,(H,13,14)(H,15,16)/t8?,9-/m0/s1. The molecule has 1 amide bonds. The van der Waals surface area contributed by atoms with Crippen LogP contribution in [0.25, 0.3) is 0 Å². The van der Waals surface area contributed by atoms with Gasteiger partial charge in [-0.1, -0.05) is 6.92 Å². The number of nitrogens with one attached hydrogen (secondary N) is 2. The first-order chi connectivity index (χ1) is 7.61. The van der Waals surface area contributed by atoms with Crippen molar-refractivity contribution in [3.05, 3.63) is 0 Å². The Hall–Kier alpha value is -1.10. The summed E-state index contributed by atoms with van der Waals surface area (Å²) in [6, 6.07) is 0. The first-order valence-electron chi connectivity index (χ1n) is 5.82. The molecule has 0 bridgehead atoms. The number of carboxylic acid groups (broad SMARTS) is 1. The van der Waals surface area contributed by atoms with Gasteiger partial charge in [0.15, 0.2) is 0 Å². The van der Waals surface area contributed by atoms with E-state index in [1.165, 1.54) is 0 Å². The van der Waals surface area contributed by atoms with Gasteiger partial charge in [0, 0.05) is 13.1 Å². The summed E-state index contributed by atoms with van der Waals surface area (Å²) in [4.78, 5) is 22.2. The molecule has 0 aromatic heterocycles. The third kappa shape index (κ3) is 4.18. The van der Waals surface area contributed by atoms with Gasteiger partial charge in [0.05, 0.1) is 11.8 Å². The van der Waals surface area contributed by atoms with E-state index in [-0.39, 0.29) is 11.8 Å². The number of hydrogen-bond donors (Lipinski definition) is 3. The van der Waals surface area contributed by atoms with Crippen molar-refractivity contribution in [2.45, 2.75) is 26.2 Å². The highest BCUT2D eigenvalue weighted by Gasteiger charge is 2.20. The van der Waals surface area contributed by atoms with Crippen LogP contribution in [-0.2, 0) is 9.59 Å². The zero-order chi connectivity index (χ0) is 12.0. The van der Waals surface area contributed by atoms with Crippen molar-refractivity contribution in [3.8, 4) is 0 Å². The average molecular weight is 228 g/mol. The number of rotatable bonds is 5. The van der Waals surface area contributed by atoms with Gasteiger partial charge in [0.25, 0.3) is 0 Å². The lowest BCUT2D eigenvalue weighted by Crippen LogP contribution is -2.41. The molecule has 0 spiro atoms. The minimum atomic E-state index is -0.811. The third-order valence-electron chi connectivity index (χ3n) is 2.97. The molecular weight excluding hydrogens is 208 g/mol. The van der Waals surface area contributed by atoms with E-state index >= 15 is 0 Å². The highest BCUT2D eigenvalue weighted by Crippen LogP contribution is 2.09. The number of hydrogen-bond acceptors (Lipinski definition) is 3. The molecule has 0 saturated carbocycles. The summed E-state index contributed by atoms with van der Waals surface area (Å²) in [5, 5.41) is 14.6. The summed E-state index contributed by atoms with van der Waals surface area (Å²) in [6.45, 7) is 3.82. The molecular formula is C11H20N2O3. The second-order valence-electron chi connectivity index (χ2n) is 4.36. The normalized spacial score (nSPS) is 22.4. The maximum Gasteiger partial charge on any atom is 0.306 e. The van der Waals surface area contributed by atoms with Gasteiger partial charge >= 0.3 is 5.97 Å². The van der Waals surface area contributed by atoms with Crippen LogP contribution in [0.3, 0.4) is 0 Å². The van der Waals surface area contributed by atoms with Crippen LogP contribution in [0.1, 0.15) is 26.2 Å². The topological polar surface area (TPSA) is 78.4 Å². The van der Waals surface area contributed by atoms with Gasteiger partial charge in [-0.15, -0.1) is 0 Å². The van der Waals surface area contributed by atoms with Crippen molar-refractivity contribution >= 4 is 11.9 Å². The molecule has 3 N–H and O–H groups in total. The van der Waals surface area contributed by atoms with Crippen LogP contribution in [0.4, 0.5) is 0 Å². The van der Waals surface area contributed by atoms with Crippen molar-refractivity contribution in [1.29, 1.82) is 0 Å². The second kappa shape index (κ2) is 6.48. The predicted molar refractivity (Wildman–Crippen MR) is 60.0 cm³/mol. The van der Waals surface area contributed by atoms with Crippen LogP contribution in [0, 0.1) is 11.8 Å². The molecule has 1 heterocycles. The first-order valence-corrected chi connectivity index (χ1v) is 5.82. The van der Waals surface area contributed by atoms with Gasteiger partial charge in [0.1, 0.15) is 0 Å². The van der Waals surface area contributed by atoms with Crippen molar-refractivity contribution in [1.82, 2.24) is 10.6 Å². The Morgan fingerprint density at radius 2 is 2.31 bits per heavy atom. The van der Waals surface area contributed by atoms with E-state index in [1.807, 2.05) is 0 Å². The Labute approximate surface area is 95.6 Å². The van der Waals surface area contributed by atoms with Gasteiger partial charge in [-0.25, -0.2) is 0 Å². The lowest BCUT2D eigenvalue weighted by atomic mass is 9.98. The monoisotopic (exact) mass is 228 g/mol. The first kappa shape index (κ1) is 13.0. The predicted octanol–water partition coefficient (Wildman–Crippen LogP) is 0.213. The molecule has 0 aliphatic carbocycles. The van der Waals surface area contributed by atoms with E-state index in [4.69, 9.17) is 5.11 Å². The SMILES string of the molecule is CC(CCNC(=O)[C@H]1CCCNC1)C(=O)O. The van der Waals surface area contributed by atoms with Crippen LogP contribution < -0.4 is 10.6 Å². The van der Waals surface area contributed by atoms with E-state index in [0.29, 0.717) is 13.0 Å². The van der Waals surface area contributed by atoms with Crippen molar-refractivity contribution in [2.75, 3.05) is 19.6 Å². The molecule has 1 saturated heterocycles. The minimum Gasteiger partial charge on any atom is -0.481 e. The van der Waals surface area contributed by atoms with E-state index in [2.05, 4.69) is 10.6 Å². The van der Waals surface area contributed by atoms with Gasteiger partial charge in [-0.3, -0.25) is 9.59 Å². The van der Waals surface area contributed by atoms with E-state index < -0.39 is 11.9 Å². The fraction of sp³-hybridized carbons (Fsp3) is 0.818. The number of aliphatic carboxylic acids is 1. The maximum atomic E-state index is 11.7. The molecule has 0 radical (unpaired) electrons. The fourth-order valence-corrected chi connectivity index (χ4v) is 1.76. The Bertz CT molecular complexity index is 250. The van der Waals surface area contributed by atoms with Gasteiger partial charge < -0.3 is 15.7 Å². The molecule has 0 aromatic rings. The lowest BCUT2D eigenvalue weighted by molar-refractivity contribution is -0.141. The van der Waals surface area contributed by atoms with E-state index in [1.54, 1.807) is 6.92 Å². The molecule has 16 heavy (non-hydrogen) atoms. The molecule has 0 aromatic carbocycles. The molecule has 1 aliphatic rings. The van der Waals surface area contributed by atoms with Crippen molar-refractivity contribution < 1.29 is 14.7 Å². The third-order valence-corrected chi connectivity index (χ3v) is 2.97. The van der Waals surface area contributed by atoms with E-state index in [0.717, 1.165) is 25.9 Å². The summed E-state index contributed by atoms with van der Waals surface area (Å²) in [7, 11) is 0. The molecule has 92 valence electrons. The van der Waals surface area contributed by atoms with Crippen molar-refractivity contribution in [2.24, 2.45) is 11.8 Å². The largest absolute Gasteiger partial charge is 0.481 e. The molecule has 1 unspecified atom stereocenters. The number of piperidine rings is 1. The molecule has 1 aliphatic heterocycles. The Balaban J connectivity index is 2.16. The summed E-state index contributed by atoms with van der Waals surface area (Å²) in [5.41, 5.74) is 0. The van der Waals surface area contributed by atoms with Gasteiger partial charge in [-0.05, 0) is 25.8 Å².